The molecule has 154 valence electrons. The zero-order chi connectivity index (χ0) is 21.2. The fraction of sp³-hybridized carbons (Fsp3) is 0.300. The first-order valence-corrected chi connectivity index (χ1v) is 11.9. The molecule has 1 amide bonds. The van der Waals surface area contributed by atoms with Crippen molar-refractivity contribution >= 4 is 54.2 Å². The molecule has 2 aromatic carbocycles. The van der Waals surface area contributed by atoms with E-state index in [9.17, 15) is 13.2 Å². The largest absolute Gasteiger partial charge is 0.298 e. The van der Waals surface area contributed by atoms with Crippen molar-refractivity contribution in [1.29, 1.82) is 0 Å². The maximum absolute atomic E-state index is 12.8. The topological polar surface area (TPSA) is 79.4 Å². The van der Waals surface area contributed by atoms with Crippen LogP contribution in [0, 0.1) is 0 Å². The van der Waals surface area contributed by atoms with Gasteiger partial charge >= 0.3 is 0 Å². The third kappa shape index (κ3) is 4.45. The summed E-state index contributed by atoms with van der Waals surface area (Å²) >= 11 is 7.55. The highest BCUT2D eigenvalue weighted by molar-refractivity contribution is 7.89. The first kappa shape index (κ1) is 21.7. The molecule has 29 heavy (non-hydrogen) atoms. The Labute approximate surface area is 179 Å². The molecule has 9 heteroatoms. The number of rotatable bonds is 7. The fourth-order valence-electron chi connectivity index (χ4n) is 2.96. The molecule has 3 aromatic rings. The molecule has 0 unspecified atom stereocenters. The van der Waals surface area contributed by atoms with Gasteiger partial charge < -0.3 is 0 Å². The predicted molar refractivity (Wildman–Crippen MR) is 119 cm³/mol. The van der Waals surface area contributed by atoms with Gasteiger partial charge in [0.15, 0.2) is 5.13 Å². The molecule has 1 N–H and O–H groups in total. The highest BCUT2D eigenvalue weighted by atomic mass is 35.5. The Balaban J connectivity index is 1.91. The van der Waals surface area contributed by atoms with E-state index in [1.54, 1.807) is 13.8 Å². The van der Waals surface area contributed by atoms with Crippen LogP contribution in [0.25, 0.3) is 10.2 Å². The minimum Gasteiger partial charge on any atom is -0.298 e. The van der Waals surface area contributed by atoms with E-state index in [0.717, 1.165) is 16.6 Å². The van der Waals surface area contributed by atoms with Gasteiger partial charge in [0.1, 0.15) is 0 Å². The van der Waals surface area contributed by atoms with Gasteiger partial charge in [0.2, 0.25) is 10.0 Å². The van der Waals surface area contributed by atoms with Crippen LogP contribution in [0.1, 0.15) is 36.7 Å². The van der Waals surface area contributed by atoms with E-state index in [-0.39, 0.29) is 15.5 Å². The first-order chi connectivity index (χ1) is 13.8. The van der Waals surface area contributed by atoms with Crippen molar-refractivity contribution in [3.05, 3.63) is 52.5 Å². The first-order valence-electron chi connectivity index (χ1n) is 9.30. The van der Waals surface area contributed by atoms with Crippen LogP contribution in [0.3, 0.4) is 0 Å². The van der Waals surface area contributed by atoms with Crippen molar-refractivity contribution in [3.63, 3.8) is 0 Å². The number of aromatic nitrogens is 1. The van der Waals surface area contributed by atoms with Gasteiger partial charge in [-0.2, -0.15) is 4.31 Å². The molecule has 0 aliphatic heterocycles. The number of hydrogen-bond donors (Lipinski definition) is 1. The number of carbonyl (C=O) groups is 1. The lowest BCUT2D eigenvalue weighted by Crippen LogP contribution is -2.30. The lowest BCUT2D eigenvalue weighted by Gasteiger charge is -2.19. The molecule has 6 nitrogen and oxygen atoms in total. The maximum Gasteiger partial charge on any atom is 0.259 e. The van der Waals surface area contributed by atoms with Gasteiger partial charge in [0.25, 0.3) is 5.91 Å². The Morgan fingerprint density at radius 3 is 2.52 bits per heavy atom. The quantitative estimate of drug-likeness (QED) is 0.559. The fourth-order valence-corrected chi connectivity index (χ4v) is 5.57. The van der Waals surface area contributed by atoms with Crippen LogP contribution in [0.4, 0.5) is 5.13 Å². The van der Waals surface area contributed by atoms with Gasteiger partial charge in [0, 0.05) is 13.1 Å². The Morgan fingerprint density at radius 1 is 1.14 bits per heavy atom. The molecule has 0 saturated carbocycles. The number of carbonyl (C=O) groups excluding carboxylic acids is 1. The van der Waals surface area contributed by atoms with Crippen LogP contribution in [0.2, 0.25) is 5.02 Å². The van der Waals surface area contributed by atoms with E-state index < -0.39 is 15.9 Å². The summed E-state index contributed by atoms with van der Waals surface area (Å²) in [6.07, 6.45) is 0.916. The summed E-state index contributed by atoms with van der Waals surface area (Å²) in [6.45, 7) is 6.29. The number of halogens is 1. The molecule has 0 fully saturated rings. The van der Waals surface area contributed by atoms with E-state index in [1.807, 2.05) is 18.2 Å². The normalized spacial score (nSPS) is 11.9. The van der Waals surface area contributed by atoms with E-state index in [0.29, 0.717) is 18.2 Å². The van der Waals surface area contributed by atoms with Crippen molar-refractivity contribution in [3.8, 4) is 0 Å². The molecular weight excluding hydrogens is 430 g/mol. The number of hydrogen-bond acceptors (Lipinski definition) is 5. The van der Waals surface area contributed by atoms with Crippen molar-refractivity contribution < 1.29 is 13.2 Å². The molecule has 0 bridgehead atoms. The van der Waals surface area contributed by atoms with Crippen molar-refractivity contribution in [2.45, 2.75) is 32.1 Å². The smallest absolute Gasteiger partial charge is 0.259 e. The Bertz CT molecular complexity index is 1150. The van der Waals surface area contributed by atoms with Crippen molar-refractivity contribution in [2.24, 2.45) is 0 Å². The van der Waals surface area contributed by atoms with E-state index in [2.05, 4.69) is 17.2 Å². The molecule has 0 radical (unpaired) electrons. The number of nitrogens with one attached hydrogen (secondary N) is 1. The monoisotopic (exact) mass is 451 g/mol. The summed E-state index contributed by atoms with van der Waals surface area (Å²) in [5.41, 5.74) is 2.08. The number of sulfonamides is 1. The van der Waals surface area contributed by atoms with E-state index in [4.69, 9.17) is 11.6 Å². The number of nitrogens with zero attached hydrogens (tertiary/aromatic N) is 2. The molecule has 0 spiro atoms. The maximum atomic E-state index is 12.8. The van der Waals surface area contributed by atoms with Gasteiger partial charge in [-0.1, -0.05) is 49.8 Å². The molecule has 1 aromatic heterocycles. The lowest BCUT2D eigenvalue weighted by atomic mass is 10.2. The van der Waals surface area contributed by atoms with Crippen LogP contribution < -0.4 is 5.32 Å². The van der Waals surface area contributed by atoms with Crippen LogP contribution >= 0.6 is 22.9 Å². The van der Waals surface area contributed by atoms with Gasteiger partial charge in [-0.15, -0.1) is 0 Å². The molecular formula is C20H22ClN3O3S2. The minimum absolute atomic E-state index is 0.0348. The summed E-state index contributed by atoms with van der Waals surface area (Å²) in [5, 5.41) is 3.35. The number of anilines is 1. The average Bonchev–Trinajstić information content (AvgIpc) is 3.09. The SMILES string of the molecule is CCc1ccc2nc(NC(=O)c3cc(S(=O)(=O)N(CC)CC)ccc3Cl)sc2c1. The minimum atomic E-state index is -3.69. The highest BCUT2D eigenvalue weighted by Crippen LogP contribution is 2.29. The van der Waals surface area contributed by atoms with Crippen molar-refractivity contribution in [1.82, 2.24) is 9.29 Å². The standard InChI is InChI=1S/C20H22ClN3O3S2/c1-4-13-7-10-17-18(11-13)28-20(22-17)23-19(25)15-12-14(8-9-16(15)21)29(26,27)24(5-2)6-3/h7-12H,4-6H2,1-3H3,(H,22,23,25). The lowest BCUT2D eigenvalue weighted by molar-refractivity contribution is 0.102. The molecule has 0 saturated heterocycles. The van der Waals surface area contributed by atoms with Crippen LogP contribution in [0.5, 0.6) is 0 Å². The summed E-state index contributed by atoms with van der Waals surface area (Å²) < 4.78 is 27.8. The number of amides is 1. The van der Waals surface area contributed by atoms with Gasteiger partial charge in [0.05, 0.1) is 25.7 Å². The average molecular weight is 452 g/mol. The van der Waals surface area contributed by atoms with Crippen LogP contribution in [-0.2, 0) is 16.4 Å². The highest BCUT2D eigenvalue weighted by Gasteiger charge is 2.24. The molecule has 0 aliphatic carbocycles. The van der Waals surface area contributed by atoms with Crippen molar-refractivity contribution in [2.75, 3.05) is 18.4 Å². The third-order valence-corrected chi connectivity index (χ3v) is 7.92. The van der Waals surface area contributed by atoms with Crippen LogP contribution in [-0.4, -0.2) is 36.7 Å². The zero-order valence-electron chi connectivity index (χ0n) is 16.4. The number of fused-ring (bicyclic) bond motifs is 1. The molecule has 0 atom stereocenters. The number of benzene rings is 2. The second-order valence-corrected chi connectivity index (χ2v) is 9.74. The van der Waals surface area contributed by atoms with Gasteiger partial charge in [-0.05, 0) is 42.3 Å². The Hall–Kier alpha value is -2.00. The second kappa shape index (κ2) is 8.79. The number of aryl methyl sites for hydroxylation is 1. The second-order valence-electron chi connectivity index (χ2n) is 6.36. The zero-order valence-corrected chi connectivity index (χ0v) is 18.8. The summed E-state index contributed by atoms with van der Waals surface area (Å²) in [7, 11) is -3.69. The van der Waals surface area contributed by atoms with Gasteiger partial charge in [-0.3, -0.25) is 10.1 Å². The molecule has 1 heterocycles. The Kier molecular flexibility index (Phi) is 6.58. The van der Waals surface area contributed by atoms with E-state index in [1.165, 1.54) is 39.4 Å². The van der Waals surface area contributed by atoms with E-state index >= 15 is 0 Å². The predicted octanol–water partition coefficient (Wildman–Crippen LogP) is 4.79. The summed E-state index contributed by atoms with van der Waals surface area (Å²) in [5.74, 6) is -0.499. The summed E-state index contributed by atoms with van der Waals surface area (Å²) in [4.78, 5) is 17.2. The Morgan fingerprint density at radius 2 is 1.86 bits per heavy atom. The molecule has 3 rings (SSSR count). The van der Waals surface area contributed by atoms with Gasteiger partial charge in [-0.25, -0.2) is 13.4 Å². The molecule has 0 aliphatic rings. The van der Waals surface area contributed by atoms with Crippen LogP contribution in [0.15, 0.2) is 41.3 Å². The third-order valence-electron chi connectivity index (χ3n) is 4.61. The summed E-state index contributed by atoms with van der Waals surface area (Å²) in [6, 6.07) is 10.1. The number of thiazole rings is 1.